The molecule has 0 amide bonds. The van der Waals surface area contributed by atoms with E-state index in [1.165, 1.54) is 22.0 Å². The molecule has 0 bridgehead atoms. The number of nitrogens with zero attached hydrogens (tertiary/aromatic N) is 3. The van der Waals surface area contributed by atoms with Gasteiger partial charge in [-0.05, 0) is 30.5 Å². The van der Waals surface area contributed by atoms with Gasteiger partial charge < -0.3 is 20.1 Å². The summed E-state index contributed by atoms with van der Waals surface area (Å²) >= 11 is 0. The van der Waals surface area contributed by atoms with Gasteiger partial charge in [0, 0.05) is 49.6 Å². The standard InChI is InChI=1S/C20H28N6O.HI/c1-13(2)19-25-17(27-26-19)9-11-23-20(21-4)22-10-8-15-12-24-16-7-5-6-14(3)18(15)16;/h5-7,12-13,24H,8-11H2,1-4H3,(H2,21,22,23);1H. The Morgan fingerprint density at radius 3 is 2.64 bits per heavy atom. The number of fused-ring (bicyclic) bond motifs is 1. The number of benzene rings is 1. The first-order chi connectivity index (χ1) is 13.1. The highest BCUT2D eigenvalue weighted by Crippen LogP contribution is 2.22. The van der Waals surface area contributed by atoms with E-state index in [2.05, 4.69) is 62.1 Å². The molecule has 0 unspecified atom stereocenters. The molecule has 2 aromatic heterocycles. The number of aryl methyl sites for hydroxylation is 1. The minimum Gasteiger partial charge on any atom is -0.361 e. The van der Waals surface area contributed by atoms with Crippen molar-refractivity contribution in [1.82, 2.24) is 25.8 Å². The van der Waals surface area contributed by atoms with Gasteiger partial charge in [-0.3, -0.25) is 4.99 Å². The fourth-order valence-electron chi connectivity index (χ4n) is 3.08. The second-order valence-electron chi connectivity index (χ2n) is 6.94. The Labute approximate surface area is 182 Å². The molecular weight excluding hydrogens is 467 g/mol. The zero-order valence-corrected chi connectivity index (χ0v) is 19.2. The van der Waals surface area contributed by atoms with Crippen LogP contribution in [0.5, 0.6) is 0 Å². The molecular formula is C20H29IN6O. The number of aromatic amines is 1. The van der Waals surface area contributed by atoms with Crippen LogP contribution in [0.15, 0.2) is 33.9 Å². The van der Waals surface area contributed by atoms with Crippen LogP contribution in [0.1, 0.15) is 42.6 Å². The quantitative estimate of drug-likeness (QED) is 0.265. The van der Waals surface area contributed by atoms with E-state index < -0.39 is 0 Å². The Morgan fingerprint density at radius 1 is 1.21 bits per heavy atom. The lowest BCUT2D eigenvalue weighted by Gasteiger charge is -2.11. The molecule has 152 valence electrons. The second-order valence-corrected chi connectivity index (χ2v) is 6.94. The number of aliphatic imine (C=N–C) groups is 1. The predicted octanol–water partition coefficient (Wildman–Crippen LogP) is 3.55. The molecule has 1 aromatic carbocycles. The molecule has 7 nitrogen and oxygen atoms in total. The van der Waals surface area contributed by atoms with Gasteiger partial charge in [-0.25, -0.2) is 0 Å². The topological polar surface area (TPSA) is 91.1 Å². The summed E-state index contributed by atoms with van der Waals surface area (Å²) in [5, 5.41) is 11.9. The molecule has 3 N–H and O–H groups in total. The predicted molar refractivity (Wildman–Crippen MR) is 124 cm³/mol. The van der Waals surface area contributed by atoms with Gasteiger partial charge in [0.15, 0.2) is 11.8 Å². The number of hydrogen-bond donors (Lipinski definition) is 3. The molecule has 0 saturated carbocycles. The highest BCUT2D eigenvalue weighted by molar-refractivity contribution is 14.0. The van der Waals surface area contributed by atoms with E-state index in [9.17, 15) is 0 Å². The lowest BCUT2D eigenvalue weighted by Crippen LogP contribution is -2.39. The summed E-state index contributed by atoms with van der Waals surface area (Å²) in [5.41, 5.74) is 3.80. The first-order valence-corrected chi connectivity index (χ1v) is 9.41. The molecule has 28 heavy (non-hydrogen) atoms. The van der Waals surface area contributed by atoms with E-state index in [-0.39, 0.29) is 29.9 Å². The molecule has 0 atom stereocenters. The van der Waals surface area contributed by atoms with Crippen LogP contribution < -0.4 is 10.6 Å². The molecule has 2 heterocycles. The average molecular weight is 496 g/mol. The number of hydrogen-bond acceptors (Lipinski definition) is 4. The van der Waals surface area contributed by atoms with Crippen LogP contribution in [0.3, 0.4) is 0 Å². The maximum atomic E-state index is 5.26. The first-order valence-electron chi connectivity index (χ1n) is 9.41. The Hall–Kier alpha value is -2.10. The summed E-state index contributed by atoms with van der Waals surface area (Å²) < 4.78 is 5.26. The number of halogens is 1. The van der Waals surface area contributed by atoms with Gasteiger partial charge in [0.2, 0.25) is 5.89 Å². The fraction of sp³-hybridized carbons (Fsp3) is 0.450. The molecule has 8 heteroatoms. The van der Waals surface area contributed by atoms with Crippen LogP contribution in [-0.4, -0.2) is 41.2 Å². The van der Waals surface area contributed by atoms with Gasteiger partial charge in [-0.1, -0.05) is 31.1 Å². The summed E-state index contributed by atoms with van der Waals surface area (Å²) in [7, 11) is 1.77. The molecule has 0 saturated heterocycles. The number of nitrogens with one attached hydrogen (secondary N) is 3. The number of H-pyrrole nitrogens is 1. The van der Waals surface area contributed by atoms with E-state index >= 15 is 0 Å². The molecule has 0 fully saturated rings. The largest absolute Gasteiger partial charge is 0.361 e. The van der Waals surface area contributed by atoms with Crippen LogP contribution in [0.4, 0.5) is 0 Å². The third-order valence-electron chi connectivity index (χ3n) is 4.54. The lowest BCUT2D eigenvalue weighted by molar-refractivity contribution is 0.371. The summed E-state index contributed by atoms with van der Waals surface area (Å²) in [6, 6.07) is 6.34. The van der Waals surface area contributed by atoms with Crippen LogP contribution >= 0.6 is 24.0 Å². The summed E-state index contributed by atoms with van der Waals surface area (Å²) in [4.78, 5) is 12.0. The monoisotopic (exact) mass is 496 g/mol. The number of aromatic nitrogens is 3. The van der Waals surface area contributed by atoms with Crippen molar-refractivity contribution in [3.63, 3.8) is 0 Å². The molecule has 0 aliphatic carbocycles. The van der Waals surface area contributed by atoms with E-state index in [4.69, 9.17) is 4.52 Å². The van der Waals surface area contributed by atoms with Gasteiger partial charge >= 0.3 is 0 Å². The van der Waals surface area contributed by atoms with Gasteiger partial charge in [-0.2, -0.15) is 4.98 Å². The fourth-order valence-corrected chi connectivity index (χ4v) is 3.08. The second kappa shape index (κ2) is 10.4. The molecule has 0 spiro atoms. The van der Waals surface area contributed by atoms with Gasteiger partial charge in [-0.15, -0.1) is 24.0 Å². The zero-order valence-electron chi connectivity index (χ0n) is 16.9. The van der Waals surface area contributed by atoms with Crippen molar-refractivity contribution in [2.45, 2.75) is 39.5 Å². The minimum atomic E-state index is 0. The molecule has 3 aromatic rings. The Bertz CT molecular complexity index is 914. The van der Waals surface area contributed by atoms with Crippen molar-refractivity contribution in [2.24, 2.45) is 4.99 Å². The molecule has 0 radical (unpaired) electrons. The number of guanidine groups is 1. The SMILES string of the molecule is CN=C(NCCc1nc(C(C)C)no1)NCCc1c[nH]c2cccc(C)c12.I. The minimum absolute atomic E-state index is 0. The van der Waals surface area contributed by atoms with Gasteiger partial charge in [0.05, 0.1) is 0 Å². The smallest absolute Gasteiger partial charge is 0.228 e. The molecule has 0 aliphatic rings. The lowest BCUT2D eigenvalue weighted by atomic mass is 10.1. The average Bonchev–Trinajstić information content (AvgIpc) is 3.28. The zero-order chi connectivity index (χ0) is 19.2. The Kier molecular flexibility index (Phi) is 8.28. The van der Waals surface area contributed by atoms with Gasteiger partial charge in [0.1, 0.15) is 0 Å². The van der Waals surface area contributed by atoms with Crippen molar-refractivity contribution in [2.75, 3.05) is 20.1 Å². The van der Waals surface area contributed by atoms with Crippen molar-refractivity contribution >= 4 is 40.8 Å². The molecule has 3 rings (SSSR count). The van der Waals surface area contributed by atoms with Crippen molar-refractivity contribution in [1.29, 1.82) is 0 Å². The summed E-state index contributed by atoms with van der Waals surface area (Å²) in [6.07, 6.45) is 3.69. The van der Waals surface area contributed by atoms with Crippen molar-refractivity contribution in [3.05, 3.63) is 47.2 Å². The van der Waals surface area contributed by atoms with Crippen LogP contribution in [-0.2, 0) is 12.8 Å². The Morgan fingerprint density at radius 2 is 1.96 bits per heavy atom. The van der Waals surface area contributed by atoms with Crippen LogP contribution in [0, 0.1) is 6.92 Å². The van der Waals surface area contributed by atoms with E-state index in [1.54, 1.807) is 7.05 Å². The third kappa shape index (κ3) is 5.46. The maximum Gasteiger partial charge on any atom is 0.228 e. The summed E-state index contributed by atoms with van der Waals surface area (Å²) in [6.45, 7) is 7.74. The first kappa shape index (κ1) is 22.2. The van der Waals surface area contributed by atoms with Gasteiger partial charge in [0.25, 0.3) is 0 Å². The normalized spacial score (nSPS) is 11.7. The van der Waals surface area contributed by atoms with Crippen molar-refractivity contribution < 1.29 is 4.52 Å². The highest BCUT2D eigenvalue weighted by atomic mass is 127. The molecule has 0 aliphatic heterocycles. The van der Waals surface area contributed by atoms with Crippen molar-refractivity contribution in [3.8, 4) is 0 Å². The Balaban J connectivity index is 0.00000280. The number of rotatable bonds is 7. The third-order valence-corrected chi connectivity index (χ3v) is 4.54. The van der Waals surface area contributed by atoms with E-state index in [0.29, 0.717) is 18.9 Å². The van der Waals surface area contributed by atoms with E-state index in [1.807, 2.05) is 13.8 Å². The van der Waals surface area contributed by atoms with Crippen LogP contribution in [0.25, 0.3) is 10.9 Å². The highest BCUT2D eigenvalue weighted by Gasteiger charge is 2.10. The van der Waals surface area contributed by atoms with Crippen LogP contribution in [0.2, 0.25) is 0 Å². The summed E-state index contributed by atoms with van der Waals surface area (Å²) in [5.74, 6) is 2.45. The maximum absolute atomic E-state index is 5.26. The van der Waals surface area contributed by atoms with E-state index in [0.717, 1.165) is 24.7 Å².